The van der Waals surface area contributed by atoms with Gasteiger partial charge in [0.15, 0.2) is 0 Å². The van der Waals surface area contributed by atoms with Crippen molar-refractivity contribution in [1.82, 2.24) is 5.32 Å². The lowest BCUT2D eigenvalue weighted by atomic mass is 10.1. The first-order valence-corrected chi connectivity index (χ1v) is 10.5. The van der Waals surface area contributed by atoms with Gasteiger partial charge in [-0.1, -0.05) is 18.5 Å². The van der Waals surface area contributed by atoms with Crippen LogP contribution in [0.4, 0.5) is 17.1 Å². The molecule has 0 aliphatic carbocycles. The molecule has 2 aromatic carbocycles. The number of rotatable bonds is 8. The van der Waals surface area contributed by atoms with Crippen molar-refractivity contribution in [3.63, 3.8) is 0 Å². The Hall–Kier alpha value is -3.06. The van der Waals surface area contributed by atoms with Gasteiger partial charge in [-0.3, -0.25) is 14.4 Å². The summed E-state index contributed by atoms with van der Waals surface area (Å²) in [5, 5.41) is 11.8. The summed E-state index contributed by atoms with van der Waals surface area (Å²) in [5.74, 6) is -0.547. The van der Waals surface area contributed by atoms with Crippen LogP contribution in [0.5, 0.6) is 0 Å². The summed E-state index contributed by atoms with van der Waals surface area (Å²) in [6.07, 6.45) is 1.17. The van der Waals surface area contributed by atoms with Gasteiger partial charge in [-0.25, -0.2) is 0 Å². The molecule has 2 rings (SSSR count). The number of hydrogen-bond acceptors (Lipinski definition) is 4. The zero-order chi connectivity index (χ0) is 23.0. The van der Waals surface area contributed by atoms with Crippen molar-refractivity contribution in [1.29, 1.82) is 0 Å². The number of halogens is 1. The quantitative estimate of drug-likeness (QED) is 0.476. The molecule has 0 saturated heterocycles. The van der Waals surface area contributed by atoms with Crippen molar-refractivity contribution in [2.75, 3.05) is 22.5 Å². The van der Waals surface area contributed by atoms with Crippen LogP contribution in [0.1, 0.15) is 50.9 Å². The van der Waals surface area contributed by atoms with Gasteiger partial charge in [-0.15, -0.1) is 0 Å². The van der Waals surface area contributed by atoms with Crippen LogP contribution < -0.4 is 21.3 Å². The molecule has 0 radical (unpaired) electrons. The van der Waals surface area contributed by atoms with E-state index in [9.17, 15) is 14.4 Å². The molecule has 31 heavy (non-hydrogen) atoms. The van der Waals surface area contributed by atoms with Crippen LogP contribution in [-0.4, -0.2) is 29.8 Å². The predicted octanol–water partition coefficient (Wildman–Crippen LogP) is 4.66. The number of benzene rings is 2. The van der Waals surface area contributed by atoms with Crippen molar-refractivity contribution in [2.45, 2.75) is 46.1 Å². The average Bonchev–Trinajstić information content (AvgIpc) is 2.68. The van der Waals surface area contributed by atoms with Crippen molar-refractivity contribution in [3.8, 4) is 0 Å². The third kappa shape index (κ3) is 8.30. The Morgan fingerprint density at radius 2 is 1.55 bits per heavy atom. The van der Waals surface area contributed by atoms with Crippen LogP contribution in [0.15, 0.2) is 42.5 Å². The normalized spacial score (nSPS) is 10.9. The third-order valence-electron chi connectivity index (χ3n) is 4.09. The molecule has 4 N–H and O–H groups in total. The Morgan fingerprint density at radius 3 is 2.16 bits per heavy atom. The molecule has 3 amide bonds. The van der Waals surface area contributed by atoms with Gasteiger partial charge in [0, 0.05) is 28.9 Å². The molecule has 0 bridgehead atoms. The van der Waals surface area contributed by atoms with E-state index in [1.807, 2.05) is 27.7 Å². The van der Waals surface area contributed by atoms with Crippen molar-refractivity contribution in [2.24, 2.45) is 0 Å². The van der Waals surface area contributed by atoms with Gasteiger partial charge in [0.2, 0.25) is 11.8 Å². The minimum Gasteiger partial charge on any atom is -0.376 e. The van der Waals surface area contributed by atoms with Crippen molar-refractivity contribution < 1.29 is 14.4 Å². The molecule has 0 heterocycles. The van der Waals surface area contributed by atoms with Crippen molar-refractivity contribution in [3.05, 3.63) is 53.1 Å². The molecule has 2 aromatic rings. The molecule has 0 spiro atoms. The SMILES string of the molecule is CCCC(=O)Nc1ccc(Cl)c(NC(=O)CNc2ccc(C(=O)NC(C)(C)C)cc2)c1. The first kappa shape index (κ1) is 24.2. The Balaban J connectivity index is 1.92. The van der Waals surface area contributed by atoms with Crippen LogP contribution in [0.25, 0.3) is 0 Å². The number of nitrogens with one attached hydrogen (secondary N) is 4. The van der Waals surface area contributed by atoms with E-state index in [0.717, 1.165) is 6.42 Å². The van der Waals surface area contributed by atoms with Crippen LogP contribution in [0, 0.1) is 0 Å². The molecule has 0 atom stereocenters. The van der Waals surface area contributed by atoms with E-state index in [-0.39, 0.29) is 29.8 Å². The summed E-state index contributed by atoms with van der Waals surface area (Å²) in [7, 11) is 0. The highest BCUT2D eigenvalue weighted by Gasteiger charge is 2.15. The lowest BCUT2D eigenvalue weighted by Crippen LogP contribution is -2.40. The van der Waals surface area contributed by atoms with Gasteiger partial charge in [-0.2, -0.15) is 0 Å². The maximum Gasteiger partial charge on any atom is 0.251 e. The zero-order valence-corrected chi connectivity index (χ0v) is 19.0. The number of hydrogen-bond donors (Lipinski definition) is 4. The van der Waals surface area contributed by atoms with Gasteiger partial charge >= 0.3 is 0 Å². The highest BCUT2D eigenvalue weighted by Crippen LogP contribution is 2.25. The molecule has 0 aromatic heterocycles. The first-order chi connectivity index (χ1) is 14.6. The molecule has 0 unspecified atom stereocenters. The summed E-state index contributed by atoms with van der Waals surface area (Å²) in [4.78, 5) is 36.2. The summed E-state index contributed by atoms with van der Waals surface area (Å²) in [6, 6.07) is 11.8. The summed E-state index contributed by atoms with van der Waals surface area (Å²) < 4.78 is 0. The fourth-order valence-electron chi connectivity index (χ4n) is 2.68. The monoisotopic (exact) mass is 444 g/mol. The zero-order valence-electron chi connectivity index (χ0n) is 18.3. The van der Waals surface area contributed by atoms with Gasteiger partial charge in [0.1, 0.15) is 0 Å². The largest absolute Gasteiger partial charge is 0.376 e. The summed E-state index contributed by atoms with van der Waals surface area (Å²) in [6.45, 7) is 7.69. The minimum absolute atomic E-state index is 0.0102. The standard InChI is InChI=1S/C23H29ClN4O3/c1-5-6-20(29)26-17-11-12-18(24)19(13-17)27-21(30)14-25-16-9-7-15(8-10-16)22(31)28-23(2,3)4/h7-13,25H,5-6,14H2,1-4H3,(H,26,29)(H,27,30)(H,28,31). The second-order valence-corrected chi connectivity index (χ2v) is 8.58. The van der Waals surface area contributed by atoms with Gasteiger partial charge in [0.25, 0.3) is 5.91 Å². The number of carbonyl (C=O) groups is 3. The van der Waals surface area contributed by atoms with E-state index in [1.165, 1.54) is 0 Å². The van der Waals surface area contributed by atoms with Crippen LogP contribution in [0.2, 0.25) is 5.02 Å². The van der Waals surface area contributed by atoms with Crippen LogP contribution in [0.3, 0.4) is 0 Å². The third-order valence-corrected chi connectivity index (χ3v) is 4.42. The molecule has 8 heteroatoms. The van der Waals surface area contributed by atoms with Gasteiger partial charge in [-0.05, 0) is 69.7 Å². The number of anilines is 3. The second-order valence-electron chi connectivity index (χ2n) is 8.18. The fourth-order valence-corrected chi connectivity index (χ4v) is 2.84. The molecule has 0 fully saturated rings. The van der Waals surface area contributed by atoms with Crippen molar-refractivity contribution >= 4 is 46.4 Å². The Bertz CT molecular complexity index is 937. The Morgan fingerprint density at radius 1 is 0.903 bits per heavy atom. The van der Waals surface area contributed by atoms with Crippen LogP contribution >= 0.6 is 11.6 Å². The lowest BCUT2D eigenvalue weighted by Gasteiger charge is -2.20. The molecular formula is C23H29ClN4O3. The first-order valence-electron chi connectivity index (χ1n) is 10.1. The van der Waals surface area contributed by atoms with E-state index in [4.69, 9.17) is 11.6 Å². The second kappa shape index (κ2) is 10.8. The minimum atomic E-state index is -0.316. The smallest absolute Gasteiger partial charge is 0.251 e. The number of amides is 3. The Labute approximate surface area is 187 Å². The molecule has 7 nitrogen and oxygen atoms in total. The predicted molar refractivity (Wildman–Crippen MR) is 126 cm³/mol. The molecule has 166 valence electrons. The lowest BCUT2D eigenvalue weighted by molar-refractivity contribution is -0.116. The Kier molecular flexibility index (Phi) is 8.45. The van der Waals surface area contributed by atoms with E-state index in [1.54, 1.807) is 42.5 Å². The molecular weight excluding hydrogens is 416 g/mol. The molecule has 0 aliphatic rings. The average molecular weight is 445 g/mol. The number of carbonyl (C=O) groups excluding carboxylic acids is 3. The van der Waals surface area contributed by atoms with E-state index >= 15 is 0 Å². The maximum absolute atomic E-state index is 12.3. The van der Waals surface area contributed by atoms with Crippen LogP contribution in [-0.2, 0) is 9.59 Å². The van der Waals surface area contributed by atoms with E-state index in [0.29, 0.717) is 34.1 Å². The fraction of sp³-hybridized carbons (Fsp3) is 0.348. The summed E-state index contributed by atoms with van der Waals surface area (Å²) in [5.41, 5.74) is 1.91. The topological polar surface area (TPSA) is 99.3 Å². The van der Waals surface area contributed by atoms with Gasteiger partial charge < -0.3 is 21.3 Å². The maximum atomic E-state index is 12.3. The molecule has 0 saturated carbocycles. The van der Waals surface area contributed by atoms with Gasteiger partial charge in [0.05, 0.1) is 17.3 Å². The summed E-state index contributed by atoms with van der Waals surface area (Å²) >= 11 is 6.16. The highest BCUT2D eigenvalue weighted by atomic mass is 35.5. The highest BCUT2D eigenvalue weighted by molar-refractivity contribution is 6.33. The molecule has 0 aliphatic heterocycles. The van der Waals surface area contributed by atoms with E-state index in [2.05, 4.69) is 21.3 Å². The van der Waals surface area contributed by atoms with E-state index < -0.39 is 0 Å².